The fraction of sp³-hybridized carbons (Fsp3) is 0.700. The van der Waals surface area contributed by atoms with Crippen LogP contribution in [0.2, 0.25) is 0 Å². The molecule has 0 aromatic heterocycles. The molecule has 0 rings (SSSR count). The minimum atomic E-state index is -8.00. The van der Waals surface area contributed by atoms with E-state index in [1.54, 1.807) is 0 Å². The van der Waals surface area contributed by atoms with Gasteiger partial charge < -0.3 is 4.74 Å². The van der Waals surface area contributed by atoms with E-state index in [2.05, 4.69) is 23.9 Å². The molecule has 0 aliphatic heterocycles. The first-order valence-electron chi connectivity index (χ1n) is 5.58. The van der Waals surface area contributed by atoms with Crippen LogP contribution in [0.25, 0.3) is 0 Å². The number of esters is 1. The first-order chi connectivity index (χ1) is 11.1. The molecule has 16 heteroatoms. The van der Waals surface area contributed by atoms with E-state index in [0.29, 0.717) is 0 Å². The predicted octanol–water partition coefficient (Wildman–Crippen LogP) is 4.71. The summed E-state index contributed by atoms with van der Waals surface area (Å²) in [6, 6.07) is 0. The molecule has 0 fully saturated rings. The number of carbonyl (C=O) groups is 1. The first-order valence-corrected chi connectivity index (χ1v) is 6.03. The molecule has 0 radical (unpaired) electrons. The molecule has 0 bridgehead atoms. The van der Waals surface area contributed by atoms with Crippen LogP contribution >= 0.6 is 12.6 Å². The maximum atomic E-state index is 13.1. The molecule has 0 aromatic carbocycles. The van der Waals surface area contributed by atoms with Gasteiger partial charge in [0.1, 0.15) is 0 Å². The third-order valence-electron chi connectivity index (χ3n) is 2.62. The molecule has 2 nitrogen and oxygen atoms in total. The first kappa shape index (κ1) is 24.7. The Morgan fingerprint density at radius 1 is 0.731 bits per heavy atom. The summed E-state index contributed by atoms with van der Waals surface area (Å²) in [7, 11) is 0. The van der Waals surface area contributed by atoms with Crippen LogP contribution in [0.15, 0.2) is 11.5 Å². The Balaban J connectivity index is 6.00. The highest BCUT2D eigenvalue weighted by molar-refractivity contribution is 7.85. The summed E-state index contributed by atoms with van der Waals surface area (Å²) in [5.41, 5.74) is 0. The minimum Gasteiger partial charge on any atom is -0.455 e. The van der Waals surface area contributed by atoms with Crippen LogP contribution < -0.4 is 0 Å². The summed E-state index contributed by atoms with van der Waals surface area (Å²) in [6.07, 6.45) is -7.48. The zero-order valence-electron chi connectivity index (χ0n) is 11.6. The van der Waals surface area contributed by atoms with E-state index in [4.69, 9.17) is 0 Å². The largest absolute Gasteiger partial charge is 0.460 e. The van der Waals surface area contributed by atoms with E-state index < -0.39 is 53.3 Å². The number of hydrogen-bond acceptors (Lipinski definition) is 3. The normalized spacial score (nSPS) is 15.0. The summed E-state index contributed by atoms with van der Waals surface area (Å²) in [4.78, 5) is 9.64. The Hall–Kier alpha value is -1.35. The van der Waals surface area contributed by atoms with Gasteiger partial charge in [0.15, 0.2) is 6.61 Å². The van der Waals surface area contributed by atoms with Crippen molar-refractivity contribution in [2.45, 2.75) is 35.8 Å². The van der Waals surface area contributed by atoms with Crippen LogP contribution in [0, 0.1) is 0 Å². The molecule has 0 amide bonds. The van der Waals surface area contributed by atoms with E-state index in [1.807, 2.05) is 0 Å². The average Bonchev–Trinajstić information content (AvgIpc) is 2.42. The van der Waals surface area contributed by atoms with Gasteiger partial charge in [-0.3, -0.25) is 0 Å². The number of carbonyl (C=O) groups excluding carboxylic acids is 1. The predicted molar refractivity (Wildman–Crippen MR) is 59.9 cm³/mol. The molecule has 0 N–H and O–H groups in total. The van der Waals surface area contributed by atoms with E-state index in [0.717, 1.165) is 0 Å². The van der Waals surface area contributed by atoms with Crippen LogP contribution in [-0.2, 0) is 9.53 Å². The van der Waals surface area contributed by atoms with Crippen molar-refractivity contribution in [1.29, 1.82) is 0 Å². The van der Waals surface area contributed by atoms with Crippen LogP contribution in [0.1, 0.15) is 0 Å². The Morgan fingerprint density at radius 2 is 1.08 bits per heavy atom. The Labute approximate surface area is 140 Å². The number of thiol groups is 1. The van der Waals surface area contributed by atoms with Crippen LogP contribution in [0.3, 0.4) is 0 Å². The second-order valence-corrected chi connectivity index (χ2v) is 5.06. The number of alkyl halides is 13. The molecule has 0 atom stereocenters. The third-order valence-corrected chi connectivity index (χ3v) is 2.80. The molecule has 0 unspecified atom stereocenters. The highest BCUT2D eigenvalue weighted by Crippen LogP contribution is 2.60. The topological polar surface area (TPSA) is 26.3 Å². The monoisotopic (exact) mass is 436 g/mol. The lowest BCUT2D eigenvalue weighted by Gasteiger charge is -2.39. The van der Waals surface area contributed by atoms with Gasteiger partial charge in [-0.1, -0.05) is 6.58 Å². The van der Waals surface area contributed by atoms with Gasteiger partial charge in [0.25, 0.3) is 0 Å². The van der Waals surface area contributed by atoms with Gasteiger partial charge in [-0.2, -0.15) is 57.1 Å². The van der Waals surface area contributed by atoms with Gasteiger partial charge in [-0.05, 0) is 0 Å². The molecule has 0 aromatic rings. The Bertz CT molecular complexity index is 566. The van der Waals surface area contributed by atoms with Crippen LogP contribution in [-0.4, -0.2) is 48.4 Å². The van der Waals surface area contributed by atoms with Gasteiger partial charge in [-0.25, -0.2) is 4.79 Å². The van der Waals surface area contributed by atoms with Crippen molar-refractivity contribution in [3.8, 4) is 0 Å². The number of rotatable bonds is 7. The smallest absolute Gasteiger partial charge is 0.455 e. The molecule has 0 saturated carbocycles. The Morgan fingerprint density at radius 3 is 1.38 bits per heavy atom. The van der Waals surface area contributed by atoms with Crippen molar-refractivity contribution in [2.24, 2.45) is 0 Å². The van der Waals surface area contributed by atoms with Crippen molar-refractivity contribution in [1.82, 2.24) is 0 Å². The lowest BCUT2D eigenvalue weighted by Crippen LogP contribution is -2.70. The van der Waals surface area contributed by atoms with Gasteiger partial charge in [-0.15, -0.1) is 12.6 Å². The van der Waals surface area contributed by atoms with E-state index in [9.17, 15) is 61.9 Å². The highest BCUT2D eigenvalue weighted by Gasteiger charge is 2.90. The standard InChI is InChI=1S/C10H5F13O2S/c1-3(26)4(24)25-2-5(11,12)6(13,14)7(15,16)8(17,18)9(19,20)10(21,22)23/h26H,1-2H2. The average molecular weight is 436 g/mol. The van der Waals surface area contributed by atoms with Gasteiger partial charge in [0.05, 0.1) is 4.91 Å². The summed E-state index contributed by atoms with van der Waals surface area (Å²) in [5.74, 6) is -39.7. The molecule has 26 heavy (non-hydrogen) atoms. The quantitative estimate of drug-likeness (QED) is 0.271. The zero-order chi connectivity index (χ0) is 21.6. The van der Waals surface area contributed by atoms with E-state index in [1.165, 1.54) is 0 Å². The molecule has 0 saturated heterocycles. The van der Waals surface area contributed by atoms with Crippen molar-refractivity contribution in [2.75, 3.05) is 6.61 Å². The van der Waals surface area contributed by atoms with Crippen LogP contribution in [0.5, 0.6) is 0 Å². The Kier molecular flexibility index (Phi) is 6.32. The number of halogens is 13. The van der Waals surface area contributed by atoms with Crippen molar-refractivity contribution in [3.05, 3.63) is 11.5 Å². The molecular formula is C10H5F13O2S. The maximum Gasteiger partial charge on any atom is 0.460 e. The highest BCUT2D eigenvalue weighted by atomic mass is 32.1. The molecule has 0 spiro atoms. The molecule has 0 aliphatic carbocycles. The van der Waals surface area contributed by atoms with Crippen LogP contribution in [0.4, 0.5) is 57.1 Å². The minimum absolute atomic E-state index is 1.04. The maximum absolute atomic E-state index is 13.1. The summed E-state index contributed by atoms with van der Waals surface area (Å²) < 4.78 is 168. The molecule has 0 heterocycles. The van der Waals surface area contributed by atoms with E-state index >= 15 is 0 Å². The molecule has 154 valence electrons. The molecular weight excluding hydrogens is 431 g/mol. The summed E-state index contributed by atoms with van der Waals surface area (Å²) in [5, 5.41) is 0. The van der Waals surface area contributed by atoms with Gasteiger partial charge in [0.2, 0.25) is 0 Å². The fourth-order valence-electron chi connectivity index (χ4n) is 1.13. The lowest BCUT2D eigenvalue weighted by atomic mass is 9.94. The van der Waals surface area contributed by atoms with Gasteiger partial charge >= 0.3 is 41.8 Å². The second kappa shape index (κ2) is 6.67. The lowest BCUT2D eigenvalue weighted by molar-refractivity contribution is -0.441. The zero-order valence-corrected chi connectivity index (χ0v) is 12.5. The van der Waals surface area contributed by atoms with E-state index in [-0.39, 0.29) is 0 Å². The van der Waals surface area contributed by atoms with Crippen molar-refractivity contribution < 1.29 is 66.6 Å². The fourth-order valence-corrected chi connectivity index (χ4v) is 1.20. The number of ether oxygens (including phenoxy) is 1. The second-order valence-electron chi connectivity index (χ2n) is 4.52. The summed E-state index contributed by atoms with van der Waals surface area (Å²) in [6.45, 7) is -0.451. The van der Waals surface area contributed by atoms with Gasteiger partial charge in [0, 0.05) is 0 Å². The molecule has 0 aliphatic rings. The third kappa shape index (κ3) is 3.69. The SMILES string of the molecule is C=C(S)C(=O)OCC(F)(F)C(F)(F)C(F)(F)C(F)(F)C(F)(F)C(F)(F)F. The number of hydrogen-bond donors (Lipinski definition) is 1. The van der Waals surface area contributed by atoms with Crippen molar-refractivity contribution in [3.63, 3.8) is 0 Å². The summed E-state index contributed by atoms with van der Waals surface area (Å²) >= 11 is 3.07. The van der Waals surface area contributed by atoms with Crippen molar-refractivity contribution >= 4 is 18.6 Å².